The highest BCUT2D eigenvalue weighted by atomic mass is 16.6. The molecule has 17 heavy (non-hydrogen) atoms. The molecule has 0 aromatic rings. The van der Waals surface area contributed by atoms with Crippen molar-refractivity contribution >= 4 is 0 Å². The molecule has 0 bridgehead atoms. The molecule has 0 radical (unpaired) electrons. The van der Waals surface area contributed by atoms with Gasteiger partial charge in [-0.3, -0.25) is 0 Å². The van der Waals surface area contributed by atoms with Gasteiger partial charge in [0.15, 0.2) is 0 Å². The van der Waals surface area contributed by atoms with E-state index in [0.29, 0.717) is 12.2 Å². The average Bonchev–Trinajstić information content (AvgIpc) is 3.15. The maximum atomic E-state index is 5.87. The van der Waals surface area contributed by atoms with Gasteiger partial charge in [-0.05, 0) is 12.8 Å². The second kappa shape index (κ2) is 9.86. The van der Waals surface area contributed by atoms with Crippen molar-refractivity contribution in [3.8, 4) is 0 Å². The minimum atomic E-state index is 0.362. The van der Waals surface area contributed by atoms with Crippen LogP contribution in [0.25, 0.3) is 0 Å². The van der Waals surface area contributed by atoms with Crippen LogP contribution < -0.4 is 0 Å². The van der Waals surface area contributed by atoms with Gasteiger partial charge in [0.05, 0.1) is 19.3 Å². The molecule has 0 aromatic heterocycles. The molecule has 3 nitrogen and oxygen atoms in total. The van der Waals surface area contributed by atoms with E-state index in [1.165, 1.54) is 38.5 Å². The zero-order valence-corrected chi connectivity index (χ0v) is 11.5. The Morgan fingerprint density at radius 2 is 1.94 bits per heavy atom. The van der Waals surface area contributed by atoms with E-state index in [2.05, 4.69) is 6.92 Å². The van der Waals surface area contributed by atoms with Crippen molar-refractivity contribution in [2.24, 2.45) is 0 Å². The summed E-state index contributed by atoms with van der Waals surface area (Å²) < 4.78 is 16.2. The number of rotatable bonds is 12. The first-order valence-electron chi connectivity index (χ1n) is 7.09. The molecule has 1 aliphatic rings. The first-order valence-corrected chi connectivity index (χ1v) is 7.09. The molecule has 1 heterocycles. The van der Waals surface area contributed by atoms with Crippen LogP contribution in [0.15, 0.2) is 0 Å². The van der Waals surface area contributed by atoms with Gasteiger partial charge in [0.2, 0.25) is 0 Å². The molecule has 0 spiro atoms. The van der Waals surface area contributed by atoms with E-state index in [1.54, 1.807) is 7.11 Å². The number of hydrogen-bond donors (Lipinski definition) is 0. The van der Waals surface area contributed by atoms with E-state index in [9.17, 15) is 0 Å². The van der Waals surface area contributed by atoms with E-state index < -0.39 is 0 Å². The highest BCUT2D eigenvalue weighted by molar-refractivity contribution is 4.69. The van der Waals surface area contributed by atoms with Crippen molar-refractivity contribution in [3.63, 3.8) is 0 Å². The molecule has 1 aliphatic heterocycles. The summed E-state index contributed by atoms with van der Waals surface area (Å²) in [5, 5.41) is 0. The average molecular weight is 244 g/mol. The zero-order valence-electron chi connectivity index (χ0n) is 11.5. The fourth-order valence-corrected chi connectivity index (χ4v) is 1.94. The lowest BCUT2D eigenvalue weighted by molar-refractivity contribution is 0.0152. The van der Waals surface area contributed by atoms with Crippen LogP contribution in [0, 0.1) is 0 Å². The Hall–Kier alpha value is -0.120. The third-order valence-corrected chi connectivity index (χ3v) is 3.19. The molecule has 0 amide bonds. The number of ether oxygens (including phenoxy) is 3. The van der Waals surface area contributed by atoms with E-state index in [4.69, 9.17) is 14.2 Å². The Labute approximate surface area is 106 Å². The summed E-state index contributed by atoms with van der Waals surface area (Å²) >= 11 is 0. The van der Waals surface area contributed by atoms with Crippen molar-refractivity contribution in [2.45, 2.75) is 64.1 Å². The van der Waals surface area contributed by atoms with Crippen molar-refractivity contribution in [1.82, 2.24) is 0 Å². The maximum absolute atomic E-state index is 5.87. The van der Waals surface area contributed by atoms with Crippen LogP contribution in [0.5, 0.6) is 0 Å². The van der Waals surface area contributed by atoms with Gasteiger partial charge < -0.3 is 14.2 Å². The number of epoxide rings is 1. The molecular weight excluding hydrogens is 216 g/mol. The second-order valence-electron chi connectivity index (χ2n) is 4.90. The summed E-state index contributed by atoms with van der Waals surface area (Å²) in [6, 6.07) is 0. The summed E-state index contributed by atoms with van der Waals surface area (Å²) in [7, 11) is 1.75. The van der Waals surface area contributed by atoms with E-state index in [1.807, 2.05) is 0 Å². The molecule has 1 saturated heterocycles. The predicted octanol–water partition coefficient (Wildman–Crippen LogP) is 3.17. The quantitative estimate of drug-likeness (QED) is 0.390. The summed E-state index contributed by atoms with van der Waals surface area (Å²) in [5.74, 6) is 0. The van der Waals surface area contributed by atoms with E-state index >= 15 is 0 Å². The van der Waals surface area contributed by atoms with Crippen molar-refractivity contribution in [1.29, 1.82) is 0 Å². The lowest BCUT2D eigenvalue weighted by Crippen LogP contribution is -2.18. The fraction of sp³-hybridized carbons (Fsp3) is 1.00. The standard InChI is InChI=1S/C14H28O3/c1-3-4-5-6-7-8-13(9-10-15-2)16-11-14-12-17-14/h13-14H,3-12H2,1-2H3. The Morgan fingerprint density at radius 1 is 1.18 bits per heavy atom. The lowest BCUT2D eigenvalue weighted by Gasteiger charge is -2.17. The SMILES string of the molecule is CCCCCCCC(CCOC)OCC1CO1. The number of unbranched alkanes of at least 4 members (excludes halogenated alkanes) is 4. The summed E-state index contributed by atoms with van der Waals surface area (Å²) in [5.41, 5.74) is 0. The van der Waals surface area contributed by atoms with Gasteiger partial charge >= 0.3 is 0 Å². The van der Waals surface area contributed by atoms with Crippen molar-refractivity contribution in [2.75, 3.05) is 26.9 Å². The summed E-state index contributed by atoms with van der Waals surface area (Å²) in [6.45, 7) is 4.70. The van der Waals surface area contributed by atoms with Gasteiger partial charge in [0.25, 0.3) is 0 Å². The summed E-state index contributed by atoms with van der Waals surface area (Å²) in [6.07, 6.45) is 9.56. The van der Waals surface area contributed by atoms with Crippen LogP contribution in [0.1, 0.15) is 51.9 Å². The highest BCUT2D eigenvalue weighted by Gasteiger charge is 2.24. The van der Waals surface area contributed by atoms with E-state index in [0.717, 1.165) is 26.2 Å². The number of methoxy groups -OCH3 is 1. The van der Waals surface area contributed by atoms with Gasteiger partial charge in [-0.15, -0.1) is 0 Å². The Kier molecular flexibility index (Phi) is 8.67. The third kappa shape index (κ3) is 8.58. The normalized spacial score (nSPS) is 20.5. The molecule has 0 N–H and O–H groups in total. The lowest BCUT2D eigenvalue weighted by atomic mass is 10.1. The Balaban J connectivity index is 2.01. The first kappa shape index (κ1) is 14.9. The molecule has 2 atom stereocenters. The molecule has 2 unspecified atom stereocenters. The van der Waals surface area contributed by atoms with Crippen molar-refractivity contribution < 1.29 is 14.2 Å². The Bertz CT molecular complexity index is 169. The molecule has 0 aromatic carbocycles. The van der Waals surface area contributed by atoms with Gasteiger partial charge in [-0.2, -0.15) is 0 Å². The molecule has 3 heteroatoms. The zero-order chi connectivity index (χ0) is 12.3. The van der Waals surface area contributed by atoms with Gasteiger partial charge in [-0.1, -0.05) is 39.0 Å². The van der Waals surface area contributed by atoms with Crippen LogP contribution in [-0.2, 0) is 14.2 Å². The third-order valence-electron chi connectivity index (χ3n) is 3.19. The molecule has 0 saturated carbocycles. The van der Waals surface area contributed by atoms with Gasteiger partial charge in [-0.25, -0.2) is 0 Å². The predicted molar refractivity (Wildman–Crippen MR) is 69.3 cm³/mol. The van der Waals surface area contributed by atoms with E-state index in [-0.39, 0.29) is 0 Å². The maximum Gasteiger partial charge on any atom is 0.104 e. The van der Waals surface area contributed by atoms with Crippen LogP contribution in [0.2, 0.25) is 0 Å². The highest BCUT2D eigenvalue weighted by Crippen LogP contribution is 2.15. The van der Waals surface area contributed by atoms with Crippen LogP contribution >= 0.6 is 0 Å². The van der Waals surface area contributed by atoms with Crippen LogP contribution in [-0.4, -0.2) is 39.1 Å². The summed E-state index contributed by atoms with van der Waals surface area (Å²) in [4.78, 5) is 0. The first-order chi connectivity index (χ1) is 8.36. The Morgan fingerprint density at radius 3 is 2.59 bits per heavy atom. The minimum absolute atomic E-state index is 0.362. The van der Waals surface area contributed by atoms with Crippen LogP contribution in [0.3, 0.4) is 0 Å². The van der Waals surface area contributed by atoms with Crippen molar-refractivity contribution in [3.05, 3.63) is 0 Å². The molecule has 1 fully saturated rings. The largest absolute Gasteiger partial charge is 0.385 e. The second-order valence-corrected chi connectivity index (χ2v) is 4.90. The molecule has 1 rings (SSSR count). The van der Waals surface area contributed by atoms with Gasteiger partial charge in [0, 0.05) is 13.7 Å². The topological polar surface area (TPSA) is 31.0 Å². The molecular formula is C14H28O3. The molecule has 0 aliphatic carbocycles. The number of hydrogen-bond acceptors (Lipinski definition) is 3. The minimum Gasteiger partial charge on any atom is -0.385 e. The fourth-order valence-electron chi connectivity index (χ4n) is 1.94. The monoisotopic (exact) mass is 244 g/mol. The smallest absolute Gasteiger partial charge is 0.104 e. The van der Waals surface area contributed by atoms with Gasteiger partial charge in [0.1, 0.15) is 6.10 Å². The molecule has 102 valence electrons. The van der Waals surface area contributed by atoms with Crippen LogP contribution in [0.4, 0.5) is 0 Å².